The Balaban J connectivity index is 2.20. The van der Waals surface area contributed by atoms with Crippen LogP contribution >= 0.6 is 0 Å². The lowest BCUT2D eigenvalue weighted by molar-refractivity contribution is 0.393. The minimum atomic E-state index is -0.241. The molecule has 1 heterocycles. The normalized spacial score (nSPS) is 16.7. The molecule has 0 bridgehead atoms. The Labute approximate surface area is 123 Å². The molecule has 1 aliphatic rings. The molecule has 1 atom stereocenters. The van der Waals surface area contributed by atoms with Crippen LogP contribution in [-0.4, -0.2) is 7.11 Å². The molecule has 104 valence electrons. The number of hydrogen-bond donors (Lipinski definition) is 1. The molecule has 2 aromatic carbocycles. The fourth-order valence-electron chi connectivity index (χ4n) is 2.57. The van der Waals surface area contributed by atoms with Gasteiger partial charge >= 0.3 is 0 Å². The van der Waals surface area contributed by atoms with Gasteiger partial charge in [0.1, 0.15) is 23.1 Å². The maximum Gasteiger partial charge on any atom is 0.205 e. The van der Waals surface area contributed by atoms with Crippen molar-refractivity contribution in [2.45, 2.75) is 5.92 Å². The Kier molecular flexibility index (Phi) is 3.25. The predicted octanol–water partition coefficient (Wildman–Crippen LogP) is 2.91. The van der Waals surface area contributed by atoms with E-state index in [9.17, 15) is 5.26 Å². The molecule has 3 rings (SSSR count). The Morgan fingerprint density at radius 2 is 2.00 bits per heavy atom. The summed E-state index contributed by atoms with van der Waals surface area (Å²) in [6.45, 7) is 0. The van der Waals surface area contributed by atoms with Crippen molar-refractivity contribution in [2.24, 2.45) is 5.73 Å². The molecule has 0 aliphatic carbocycles. The number of para-hydroxylation sites is 1. The molecule has 0 amide bonds. The van der Waals surface area contributed by atoms with E-state index in [4.69, 9.17) is 15.2 Å². The van der Waals surface area contributed by atoms with E-state index in [0.717, 1.165) is 16.9 Å². The highest BCUT2D eigenvalue weighted by Crippen LogP contribution is 2.42. The van der Waals surface area contributed by atoms with Crippen molar-refractivity contribution in [3.63, 3.8) is 0 Å². The van der Waals surface area contributed by atoms with Crippen molar-refractivity contribution in [1.29, 1.82) is 5.26 Å². The van der Waals surface area contributed by atoms with Crippen LogP contribution in [0, 0.1) is 11.3 Å². The first kappa shape index (κ1) is 13.1. The quantitative estimate of drug-likeness (QED) is 0.917. The monoisotopic (exact) mass is 278 g/mol. The minimum absolute atomic E-state index is 0.156. The molecular weight excluding hydrogens is 264 g/mol. The van der Waals surface area contributed by atoms with Gasteiger partial charge in [-0.05, 0) is 23.8 Å². The van der Waals surface area contributed by atoms with E-state index in [1.807, 2.05) is 48.5 Å². The topological polar surface area (TPSA) is 68.3 Å². The van der Waals surface area contributed by atoms with E-state index in [1.54, 1.807) is 7.11 Å². The van der Waals surface area contributed by atoms with Crippen LogP contribution in [0.15, 0.2) is 60.0 Å². The standard InChI is InChI=1S/C17H14N2O2/c1-20-12-6-4-5-11(9-12)16-13-7-2-3-8-15(13)21-17(19)14(16)10-18/h2-9,16H,19H2,1H3/t16-/m0/s1. The van der Waals surface area contributed by atoms with Crippen LogP contribution in [0.5, 0.6) is 11.5 Å². The largest absolute Gasteiger partial charge is 0.497 e. The lowest BCUT2D eigenvalue weighted by atomic mass is 9.83. The second-order valence-corrected chi connectivity index (χ2v) is 4.74. The SMILES string of the molecule is COc1cccc([C@@H]2C(C#N)=C(N)Oc3ccccc32)c1. The minimum Gasteiger partial charge on any atom is -0.497 e. The Bertz CT molecular complexity index is 759. The first-order valence-corrected chi connectivity index (χ1v) is 6.55. The number of nitriles is 1. The smallest absolute Gasteiger partial charge is 0.205 e. The van der Waals surface area contributed by atoms with Crippen molar-refractivity contribution in [2.75, 3.05) is 7.11 Å². The molecule has 4 heteroatoms. The summed E-state index contributed by atoms with van der Waals surface area (Å²) in [5.74, 6) is 1.34. The zero-order valence-electron chi connectivity index (χ0n) is 11.5. The van der Waals surface area contributed by atoms with Crippen LogP contribution < -0.4 is 15.2 Å². The number of rotatable bonds is 2. The summed E-state index contributed by atoms with van der Waals surface area (Å²) in [6.07, 6.45) is 0. The van der Waals surface area contributed by atoms with Gasteiger partial charge in [0.15, 0.2) is 0 Å². The zero-order valence-corrected chi connectivity index (χ0v) is 11.5. The number of methoxy groups -OCH3 is 1. The molecule has 0 saturated carbocycles. The molecule has 4 nitrogen and oxygen atoms in total. The molecule has 21 heavy (non-hydrogen) atoms. The molecule has 0 unspecified atom stereocenters. The van der Waals surface area contributed by atoms with Crippen LogP contribution in [0.4, 0.5) is 0 Å². The average molecular weight is 278 g/mol. The Morgan fingerprint density at radius 3 is 2.76 bits per heavy atom. The van der Waals surface area contributed by atoms with E-state index in [1.165, 1.54) is 0 Å². The molecule has 0 saturated heterocycles. The van der Waals surface area contributed by atoms with Crippen molar-refractivity contribution in [3.8, 4) is 17.6 Å². The highest BCUT2D eigenvalue weighted by atomic mass is 16.5. The first-order chi connectivity index (χ1) is 10.2. The molecule has 1 aliphatic heterocycles. The van der Waals surface area contributed by atoms with E-state index in [0.29, 0.717) is 11.3 Å². The third-order valence-electron chi connectivity index (χ3n) is 3.55. The molecule has 2 aromatic rings. The summed E-state index contributed by atoms with van der Waals surface area (Å²) in [4.78, 5) is 0. The maximum atomic E-state index is 9.45. The van der Waals surface area contributed by atoms with Crippen LogP contribution in [0.2, 0.25) is 0 Å². The fraction of sp³-hybridized carbons (Fsp3) is 0.118. The van der Waals surface area contributed by atoms with E-state index < -0.39 is 0 Å². The zero-order chi connectivity index (χ0) is 14.8. The van der Waals surface area contributed by atoms with E-state index >= 15 is 0 Å². The Hall–Kier alpha value is -2.93. The van der Waals surface area contributed by atoms with Crippen molar-refractivity contribution >= 4 is 0 Å². The van der Waals surface area contributed by atoms with Crippen LogP contribution in [-0.2, 0) is 0 Å². The second kappa shape index (κ2) is 5.22. The molecule has 0 fully saturated rings. The number of benzene rings is 2. The highest BCUT2D eigenvalue weighted by molar-refractivity contribution is 5.56. The fourth-order valence-corrected chi connectivity index (χ4v) is 2.57. The van der Waals surface area contributed by atoms with Gasteiger partial charge in [0.05, 0.1) is 13.0 Å². The third-order valence-corrected chi connectivity index (χ3v) is 3.55. The number of allylic oxidation sites excluding steroid dienone is 1. The number of nitrogens with zero attached hydrogens (tertiary/aromatic N) is 1. The van der Waals surface area contributed by atoms with Crippen LogP contribution in [0.3, 0.4) is 0 Å². The van der Waals surface area contributed by atoms with Gasteiger partial charge in [-0.3, -0.25) is 0 Å². The Morgan fingerprint density at radius 1 is 1.19 bits per heavy atom. The number of fused-ring (bicyclic) bond motifs is 1. The maximum absolute atomic E-state index is 9.45. The molecular formula is C17H14N2O2. The summed E-state index contributed by atoms with van der Waals surface area (Å²) in [5.41, 5.74) is 8.20. The number of hydrogen-bond acceptors (Lipinski definition) is 4. The highest BCUT2D eigenvalue weighted by Gasteiger charge is 2.30. The van der Waals surface area contributed by atoms with Gasteiger partial charge in [-0.2, -0.15) is 5.26 Å². The van der Waals surface area contributed by atoms with Crippen LogP contribution in [0.1, 0.15) is 17.0 Å². The van der Waals surface area contributed by atoms with Gasteiger partial charge < -0.3 is 15.2 Å². The summed E-state index contributed by atoms with van der Waals surface area (Å²) in [6, 6.07) is 17.4. The van der Waals surface area contributed by atoms with Gasteiger partial charge in [-0.15, -0.1) is 0 Å². The molecule has 0 spiro atoms. The van der Waals surface area contributed by atoms with Gasteiger partial charge in [-0.25, -0.2) is 0 Å². The van der Waals surface area contributed by atoms with E-state index in [2.05, 4.69) is 6.07 Å². The summed E-state index contributed by atoms with van der Waals surface area (Å²) in [5, 5.41) is 9.45. The van der Waals surface area contributed by atoms with Crippen LogP contribution in [0.25, 0.3) is 0 Å². The molecule has 0 radical (unpaired) electrons. The summed E-state index contributed by atoms with van der Waals surface area (Å²) >= 11 is 0. The first-order valence-electron chi connectivity index (χ1n) is 6.55. The summed E-state index contributed by atoms with van der Waals surface area (Å²) in [7, 11) is 1.62. The molecule has 0 aromatic heterocycles. The number of nitrogens with two attached hydrogens (primary N) is 1. The lowest BCUT2D eigenvalue weighted by Crippen LogP contribution is -2.20. The van der Waals surface area contributed by atoms with Gasteiger partial charge in [0, 0.05) is 5.56 Å². The molecule has 2 N–H and O–H groups in total. The third kappa shape index (κ3) is 2.19. The summed E-state index contributed by atoms with van der Waals surface area (Å²) < 4.78 is 10.8. The predicted molar refractivity (Wildman–Crippen MR) is 78.7 cm³/mol. The van der Waals surface area contributed by atoms with Gasteiger partial charge in [-0.1, -0.05) is 30.3 Å². The second-order valence-electron chi connectivity index (χ2n) is 4.74. The van der Waals surface area contributed by atoms with Crippen molar-refractivity contribution in [3.05, 3.63) is 71.1 Å². The lowest BCUT2D eigenvalue weighted by Gasteiger charge is -2.26. The van der Waals surface area contributed by atoms with Gasteiger partial charge in [0.25, 0.3) is 0 Å². The van der Waals surface area contributed by atoms with Crippen molar-refractivity contribution < 1.29 is 9.47 Å². The average Bonchev–Trinajstić information content (AvgIpc) is 2.53. The van der Waals surface area contributed by atoms with Crippen molar-refractivity contribution in [1.82, 2.24) is 0 Å². The van der Waals surface area contributed by atoms with E-state index in [-0.39, 0.29) is 11.8 Å². The number of ether oxygens (including phenoxy) is 2. The van der Waals surface area contributed by atoms with Gasteiger partial charge in [0.2, 0.25) is 5.88 Å².